The van der Waals surface area contributed by atoms with Crippen molar-refractivity contribution in [3.63, 3.8) is 0 Å². The van der Waals surface area contributed by atoms with Gasteiger partial charge in [0.1, 0.15) is 0 Å². The number of amides is 1. The van der Waals surface area contributed by atoms with Crippen molar-refractivity contribution in [2.45, 2.75) is 52.1 Å². The number of nitrogens with one attached hydrogen (secondary N) is 3. The Morgan fingerprint density at radius 1 is 1.42 bits per heavy atom. The molecule has 1 saturated heterocycles. The van der Waals surface area contributed by atoms with Crippen LogP contribution in [0.1, 0.15) is 55.6 Å². The first-order valence-electron chi connectivity index (χ1n) is 9.11. The topological polar surface area (TPSA) is 109 Å². The van der Waals surface area contributed by atoms with E-state index < -0.39 is 11.2 Å². The number of hydrogen-bond acceptors (Lipinski definition) is 5. The first-order valence-corrected chi connectivity index (χ1v) is 9.11. The van der Waals surface area contributed by atoms with Crippen molar-refractivity contribution in [2.75, 3.05) is 13.1 Å². The number of rotatable bonds is 5. The molecule has 0 spiro atoms. The van der Waals surface area contributed by atoms with E-state index in [4.69, 9.17) is 0 Å². The van der Waals surface area contributed by atoms with Crippen LogP contribution in [-0.2, 0) is 6.54 Å². The molecule has 3 heterocycles. The molecule has 3 N–H and O–H groups in total. The Labute approximate surface area is 151 Å². The highest BCUT2D eigenvalue weighted by Crippen LogP contribution is 2.20. The second-order valence-corrected chi connectivity index (χ2v) is 7.02. The number of aromatic amines is 1. The smallest absolute Gasteiger partial charge is 0.329 e. The van der Waals surface area contributed by atoms with Crippen LogP contribution >= 0.6 is 0 Å². The van der Waals surface area contributed by atoms with Crippen molar-refractivity contribution in [1.82, 2.24) is 25.2 Å². The predicted octanol–water partition coefficient (Wildman–Crippen LogP) is 0.710. The highest BCUT2D eigenvalue weighted by atomic mass is 16.2. The predicted molar refractivity (Wildman–Crippen MR) is 99.7 cm³/mol. The lowest BCUT2D eigenvalue weighted by Crippen LogP contribution is -2.38. The molecule has 1 aliphatic heterocycles. The van der Waals surface area contributed by atoms with Gasteiger partial charge in [0.05, 0.1) is 10.9 Å². The Bertz CT molecular complexity index is 938. The van der Waals surface area contributed by atoms with Gasteiger partial charge in [-0.3, -0.25) is 19.1 Å². The molecule has 0 aliphatic carbocycles. The molecule has 1 aliphatic rings. The average Bonchev–Trinajstić information content (AvgIpc) is 3.10. The molecule has 0 bridgehead atoms. The maximum Gasteiger partial charge on any atom is 0.329 e. The quantitative estimate of drug-likeness (QED) is 0.728. The minimum atomic E-state index is -0.574. The van der Waals surface area contributed by atoms with Crippen LogP contribution < -0.4 is 21.9 Å². The van der Waals surface area contributed by atoms with Crippen molar-refractivity contribution < 1.29 is 4.79 Å². The molecule has 1 fully saturated rings. The molecule has 8 heteroatoms. The van der Waals surface area contributed by atoms with E-state index in [1.807, 2.05) is 20.8 Å². The Morgan fingerprint density at radius 3 is 2.81 bits per heavy atom. The molecule has 8 nitrogen and oxygen atoms in total. The van der Waals surface area contributed by atoms with Crippen molar-refractivity contribution in [3.8, 4) is 0 Å². The third kappa shape index (κ3) is 3.41. The van der Waals surface area contributed by atoms with Gasteiger partial charge < -0.3 is 10.6 Å². The van der Waals surface area contributed by atoms with Gasteiger partial charge >= 0.3 is 5.69 Å². The van der Waals surface area contributed by atoms with E-state index >= 15 is 0 Å². The molecule has 0 aromatic carbocycles. The summed E-state index contributed by atoms with van der Waals surface area (Å²) in [6.45, 7) is 7.86. The normalized spacial score (nSPS) is 17.2. The Kier molecular flexibility index (Phi) is 5.22. The lowest BCUT2D eigenvalue weighted by atomic mass is 10.0. The number of carbonyl (C=O) groups excluding carboxylic acids is 1. The number of pyridine rings is 1. The largest absolute Gasteiger partial charge is 0.348 e. The fraction of sp³-hybridized carbons (Fsp3) is 0.556. The van der Waals surface area contributed by atoms with Crippen LogP contribution in [0.5, 0.6) is 0 Å². The molecule has 2 aromatic rings. The third-order valence-corrected chi connectivity index (χ3v) is 4.65. The minimum absolute atomic E-state index is 0.0360. The average molecular weight is 359 g/mol. The molecule has 140 valence electrons. The number of nitrogens with zero attached hydrogens (tertiary/aromatic N) is 2. The van der Waals surface area contributed by atoms with Crippen LogP contribution in [0.15, 0.2) is 15.7 Å². The molecule has 0 radical (unpaired) electrons. The van der Waals surface area contributed by atoms with E-state index in [9.17, 15) is 14.4 Å². The van der Waals surface area contributed by atoms with Gasteiger partial charge in [-0.2, -0.15) is 0 Å². The summed E-state index contributed by atoms with van der Waals surface area (Å²) >= 11 is 0. The van der Waals surface area contributed by atoms with Gasteiger partial charge in [-0.15, -0.1) is 0 Å². The summed E-state index contributed by atoms with van der Waals surface area (Å²) in [6.07, 6.45) is 1.56. The molecule has 2 aromatic heterocycles. The molecule has 0 saturated carbocycles. The molecular weight excluding hydrogens is 334 g/mol. The van der Waals surface area contributed by atoms with Crippen LogP contribution in [0.2, 0.25) is 0 Å². The third-order valence-electron chi connectivity index (χ3n) is 4.65. The maximum absolute atomic E-state index is 12.9. The van der Waals surface area contributed by atoms with Crippen LogP contribution in [0.3, 0.4) is 0 Å². The lowest BCUT2D eigenvalue weighted by Gasteiger charge is -2.16. The van der Waals surface area contributed by atoms with E-state index in [1.165, 1.54) is 4.57 Å². The van der Waals surface area contributed by atoms with Gasteiger partial charge in [0.2, 0.25) is 0 Å². The monoisotopic (exact) mass is 359 g/mol. The standard InChI is InChI=1S/C18H25N5O3/c1-4-7-23-15-14(17(25)22-18(23)26)12(8-13(21-15)10(2)3)16(24)20-11-5-6-19-9-11/h8,10-11,19H,4-7,9H2,1-3H3,(H,20,24)(H,22,25,26). The van der Waals surface area contributed by atoms with E-state index in [0.717, 1.165) is 13.0 Å². The number of fused-ring (bicyclic) bond motifs is 1. The first-order chi connectivity index (χ1) is 12.4. The van der Waals surface area contributed by atoms with Crippen molar-refractivity contribution in [2.24, 2.45) is 0 Å². The Hall–Kier alpha value is -2.48. The van der Waals surface area contributed by atoms with Crippen LogP contribution in [-0.4, -0.2) is 39.6 Å². The number of hydrogen-bond donors (Lipinski definition) is 3. The highest BCUT2D eigenvalue weighted by molar-refractivity contribution is 6.05. The lowest BCUT2D eigenvalue weighted by molar-refractivity contribution is 0.0941. The molecule has 1 unspecified atom stereocenters. The molecule has 1 atom stereocenters. The minimum Gasteiger partial charge on any atom is -0.348 e. The number of carbonyl (C=O) groups is 1. The second-order valence-electron chi connectivity index (χ2n) is 7.02. The molecular formula is C18H25N5O3. The van der Waals surface area contributed by atoms with Gasteiger partial charge in [-0.25, -0.2) is 9.78 Å². The van der Waals surface area contributed by atoms with Gasteiger partial charge in [-0.05, 0) is 31.4 Å². The van der Waals surface area contributed by atoms with E-state index in [1.54, 1.807) is 6.07 Å². The van der Waals surface area contributed by atoms with Crippen LogP contribution in [0.25, 0.3) is 11.0 Å². The number of aromatic nitrogens is 3. The summed E-state index contributed by atoms with van der Waals surface area (Å²) in [4.78, 5) is 44.5. The summed E-state index contributed by atoms with van der Waals surface area (Å²) in [6, 6.07) is 1.70. The van der Waals surface area contributed by atoms with E-state index in [0.29, 0.717) is 25.2 Å². The zero-order valence-electron chi connectivity index (χ0n) is 15.4. The number of aryl methyl sites for hydroxylation is 1. The molecule has 26 heavy (non-hydrogen) atoms. The van der Waals surface area contributed by atoms with Gasteiger partial charge in [-0.1, -0.05) is 20.8 Å². The molecule has 3 rings (SSSR count). The van der Waals surface area contributed by atoms with Crippen molar-refractivity contribution in [1.29, 1.82) is 0 Å². The van der Waals surface area contributed by atoms with E-state index in [2.05, 4.69) is 20.6 Å². The zero-order chi connectivity index (χ0) is 18.8. The fourth-order valence-electron chi connectivity index (χ4n) is 3.24. The van der Waals surface area contributed by atoms with Crippen molar-refractivity contribution in [3.05, 3.63) is 38.2 Å². The first kappa shape index (κ1) is 18.3. The maximum atomic E-state index is 12.9. The van der Waals surface area contributed by atoms with Gasteiger partial charge in [0.15, 0.2) is 5.65 Å². The van der Waals surface area contributed by atoms with Gasteiger partial charge in [0.25, 0.3) is 11.5 Å². The summed E-state index contributed by atoms with van der Waals surface area (Å²) in [7, 11) is 0. The molecule has 1 amide bonds. The zero-order valence-corrected chi connectivity index (χ0v) is 15.4. The highest BCUT2D eigenvalue weighted by Gasteiger charge is 2.23. The van der Waals surface area contributed by atoms with Crippen molar-refractivity contribution >= 4 is 16.9 Å². The summed E-state index contributed by atoms with van der Waals surface area (Å²) in [5.74, 6) is -0.247. The van der Waals surface area contributed by atoms with Crippen LogP contribution in [0, 0.1) is 0 Å². The fourth-order valence-corrected chi connectivity index (χ4v) is 3.24. The SMILES string of the molecule is CCCn1c(=O)[nH]c(=O)c2c(C(=O)NC3CCNC3)cc(C(C)C)nc21. The number of H-pyrrole nitrogens is 1. The van der Waals surface area contributed by atoms with Crippen LogP contribution in [0.4, 0.5) is 0 Å². The van der Waals surface area contributed by atoms with Gasteiger partial charge in [0, 0.05) is 24.8 Å². The van der Waals surface area contributed by atoms with E-state index in [-0.39, 0.29) is 34.5 Å². The summed E-state index contributed by atoms with van der Waals surface area (Å²) in [5.41, 5.74) is 0.166. The Balaban J connectivity index is 2.22. The summed E-state index contributed by atoms with van der Waals surface area (Å²) < 4.78 is 1.44. The second kappa shape index (κ2) is 7.41. The summed E-state index contributed by atoms with van der Waals surface area (Å²) in [5, 5.41) is 6.35. The Morgan fingerprint density at radius 2 is 2.19 bits per heavy atom.